The van der Waals surface area contributed by atoms with Gasteiger partial charge in [0.05, 0.1) is 35.9 Å². The second kappa shape index (κ2) is 9.74. The number of methoxy groups -OCH3 is 3. The Morgan fingerprint density at radius 2 is 1.93 bits per heavy atom. The van der Waals surface area contributed by atoms with E-state index in [-0.39, 0.29) is 22.7 Å². The van der Waals surface area contributed by atoms with E-state index in [2.05, 4.69) is 5.32 Å². The lowest BCUT2D eigenvalue weighted by Gasteiger charge is -2.11. The molecule has 1 N–H and O–H groups in total. The number of hydrogen-bond donors (Lipinski definition) is 1. The number of nitrogens with one attached hydrogen (secondary N) is 1. The van der Waals surface area contributed by atoms with Crippen LogP contribution in [-0.2, 0) is 4.79 Å². The highest BCUT2D eigenvalue weighted by molar-refractivity contribution is 14.1. The first-order valence-corrected chi connectivity index (χ1v) is 9.09. The highest BCUT2D eigenvalue weighted by atomic mass is 127. The summed E-state index contributed by atoms with van der Waals surface area (Å²) in [5, 5.41) is 23.1. The summed E-state index contributed by atoms with van der Waals surface area (Å²) in [6.07, 6.45) is 1.36. The number of carbonyl (C=O) groups is 1. The number of nitro benzene ring substituents is 1. The zero-order valence-electron chi connectivity index (χ0n) is 15.7. The second-order valence-corrected chi connectivity index (χ2v) is 6.66. The highest BCUT2D eigenvalue weighted by Crippen LogP contribution is 2.34. The normalized spacial score (nSPS) is 10.7. The zero-order chi connectivity index (χ0) is 21.6. The van der Waals surface area contributed by atoms with Crippen molar-refractivity contribution in [3.05, 3.63) is 55.2 Å². The van der Waals surface area contributed by atoms with Crippen LogP contribution in [0.4, 0.5) is 11.4 Å². The van der Waals surface area contributed by atoms with E-state index in [1.165, 1.54) is 45.6 Å². The molecule has 2 aromatic rings. The van der Waals surface area contributed by atoms with Crippen molar-refractivity contribution in [2.45, 2.75) is 0 Å². The molecule has 2 rings (SSSR count). The molecule has 0 radical (unpaired) electrons. The first-order valence-electron chi connectivity index (χ1n) is 8.01. The molecule has 0 fully saturated rings. The molecule has 0 unspecified atom stereocenters. The minimum absolute atomic E-state index is 0.0520. The van der Waals surface area contributed by atoms with E-state index in [1.807, 2.05) is 28.7 Å². The van der Waals surface area contributed by atoms with Gasteiger partial charge in [-0.15, -0.1) is 0 Å². The van der Waals surface area contributed by atoms with E-state index in [0.717, 1.165) is 3.57 Å². The lowest BCUT2D eigenvalue weighted by molar-refractivity contribution is -0.384. The number of benzene rings is 2. The van der Waals surface area contributed by atoms with Crippen LogP contribution in [0.3, 0.4) is 0 Å². The lowest BCUT2D eigenvalue weighted by Crippen LogP contribution is -2.14. The maximum Gasteiger partial charge on any atom is 0.296 e. The Labute approximate surface area is 180 Å². The molecule has 0 bridgehead atoms. The summed E-state index contributed by atoms with van der Waals surface area (Å²) >= 11 is 2.04. The number of amides is 1. The van der Waals surface area contributed by atoms with Crippen LogP contribution in [0.5, 0.6) is 17.2 Å². The molecule has 0 saturated carbocycles. The topological polar surface area (TPSA) is 124 Å². The highest BCUT2D eigenvalue weighted by Gasteiger charge is 2.19. The zero-order valence-corrected chi connectivity index (χ0v) is 17.8. The van der Waals surface area contributed by atoms with Crippen LogP contribution in [0.1, 0.15) is 5.56 Å². The molecule has 0 saturated heterocycles. The summed E-state index contributed by atoms with van der Waals surface area (Å²) in [7, 11) is 4.35. The van der Waals surface area contributed by atoms with Gasteiger partial charge < -0.3 is 19.5 Å². The number of nitriles is 1. The fourth-order valence-corrected chi connectivity index (χ4v) is 3.27. The van der Waals surface area contributed by atoms with Gasteiger partial charge in [-0.3, -0.25) is 14.9 Å². The van der Waals surface area contributed by atoms with Gasteiger partial charge in [0.15, 0.2) is 11.5 Å². The molecule has 2 aromatic carbocycles. The largest absolute Gasteiger partial charge is 0.496 e. The number of ether oxygens (including phenoxy) is 3. The molecule has 0 spiro atoms. The molecule has 150 valence electrons. The number of hydrogen-bond acceptors (Lipinski definition) is 7. The Kier molecular flexibility index (Phi) is 7.38. The standard InChI is InChI=1S/C19H16IN3O6/c1-27-13-4-5-15(16(9-13)23(25)26)22-19(24)12(10-21)6-11-7-14(20)18(29-3)17(8-11)28-2/h4-9H,1-3H3,(H,22,24)/b12-6+. The third-order valence-corrected chi connectivity index (χ3v) is 4.58. The average molecular weight is 509 g/mol. The van der Waals surface area contributed by atoms with E-state index in [4.69, 9.17) is 14.2 Å². The Morgan fingerprint density at radius 3 is 2.48 bits per heavy atom. The van der Waals surface area contributed by atoms with Gasteiger partial charge in [0.2, 0.25) is 0 Å². The average Bonchev–Trinajstić information content (AvgIpc) is 2.71. The first kappa shape index (κ1) is 22.0. The maximum atomic E-state index is 12.5. The molecular formula is C19H16IN3O6. The van der Waals surface area contributed by atoms with Crippen LogP contribution in [0.15, 0.2) is 35.9 Å². The van der Waals surface area contributed by atoms with Gasteiger partial charge in [-0.25, -0.2) is 0 Å². The summed E-state index contributed by atoms with van der Waals surface area (Å²) in [5.74, 6) is 0.451. The summed E-state index contributed by atoms with van der Waals surface area (Å²) in [6, 6.07) is 9.12. The fraction of sp³-hybridized carbons (Fsp3) is 0.158. The van der Waals surface area contributed by atoms with Crippen LogP contribution in [0, 0.1) is 25.0 Å². The molecule has 1 amide bonds. The molecule has 9 nitrogen and oxygen atoms in total. The molecule has 0 atom stereocenters. The minimum atomic E-state index is -0.787. The first-order chi connectivity index (χ1) is 13.8. The summed E-state index contributed by atoms with van der Waals surface area (Å²) in [6.45, 7) is 0. The van der Waals surface area contributed by atoms with E-state index in [0.29, 0.717) is 17.1 Å². The quantitative estimate of drug-likeness (QED) is 0.198. The Hall–Kier alpha value is -3.33. The summed E-state index contributed by atoms with van der Waals surface area (Å²) in [4.78, 5) is 23.1. The SMILES string of the molecule is COc1ccc(NC(=O)/C(C#N)=C/c2cc(I)c(OC)c(OC)c2)c([N+](=O)[O-])c1. The van der Waals surface area contributed by atoms with Crippen molar-refractivity contribution in [2.24, 2.45) is 0 Å². The van der Waals surface area contributed by atoms with Crippen molar-refractivity contribution in [2.75, 3.05) is 26.6 Å². The van der Waals surface area contributed by atoms with Crippen LogP contribution >= 0.6 is 22.6 Å². The number of halogens is 1. The van der Waals surface area contributed by atoms with Crippen LogP contribution in [-0.4, -0.2) is 32.2 Å². The van der Waals surface area contributed by atoms with E-state index in [1.54, 1.807) is 12.1 Å². The van der Waals surface area contributed by atoms with Crippen molar-refractivity contribution in [1.82, 2.24) is 0 Å². The molecule has 10 heteroatoms. The predicted molar refractivity (Wildman–Crippen MR) is 114 cm³/mol. The molecule has 0 aliphatic heterocycles. The molecular weight excluding hydrogens is 493 g/mol. The van der Waals surface area contributed by atoms with Crippen molar-refractivity contribution in [3.63, 3.8) is 0 Å². The van der Waals surface area contributed by atoms with Gasteiger partial charge in [0, 0.05) is 0 Å². The monoisotopic (exact) mass is 509 g/mol. The van der Waals surface area contributed by atoms with Gasteiger partial charge in [0.1, 0.15) is 23.1 Å². The van der Waals surface area contributed by atoms with Crippen molar-refractivity contribution >= 4 is 45.9 Å². The van der Waals surface area contributed by atoms with E-state index < -0.39 is 10.8 Å². The number of nitro groups is 1. The number of anilines is 1. The maximum absolute atomic E-state index is 12.5. The fourth-order valence-electron chi connectivity index (χ4n) is 2.42. The lowest BCUT2D eigenvalue weighted by atomic mass is 10.1. The van der Waals surface area contributed by atoms with Gasteiger partial charge in [-0.1, -0.05) is 0 Å². The van der Waals surface area contributed by atoms with Gasteiger partial charge in [-0.05, 0) is 58.5 Å². The number of carbonyl (C=O) groups excluding carboxylic acids is 1. The summed E-state index contributed by atoms with van der Waals surface area (Å²) in [5.41, 5.74) is -0.111. The van der Waals surface area contributed by atoms with Gasteiger partial charge >= 0.3 is 0 Å². The van der Waals surface area contributed by atoms with Crippen molar-refractivity contribution < 1.29 is 23.9 Å². The number of nitrogens with zero attached hydrogens (tertiary/aromatic N) is 2. The molecule has 29 heavy (non-hydrogen) atoms. The van der Waals surface area contributed by atoms with Crippen molar-refractivity contribution in [3.8, 4) is 23.3 Å². The Balaban J connectivity index is 2.39. The number of rotatable bonds is 7. The summed E-state index contributed by atoms with van der Waals surface area (Å²) < 4.78 is 16.2. The molecule has 0 heterocycles. The Bertz CT molecular complexity index is 1030. The predicted octanol–water partition coefficient (Wildman–Crippen LogP) is 3.77. The van der Waals surface area contributed by atoms with Crippen LogP contribution in [0.2, 0.25) is 0 Å². The Morgan fingerprint density at radius 1 is 1.21 bits per heavy atom. The van der Waals surface area contributed by atoms with Gasteiger partial charge in [0.25, 0.3) is 11.6 Å². The molecule has 0 aromatic heterocycles. The third kappa shape index (κ3) is 5.14. The molecule has 0 aliphatic carbocycles. The van der Waals surface area contributed by atoms with E-state index >= 15 is 0 Å². The molecule has 0 aliphatic rings. The van der Waals surface area contributed by atoms with Crippen LogP contribution < -0.4 is 19.5 Å². The minimum Gasteiger partial charge on any atom is -0.496 e. The van der Waals surface area contributed by atoms with E-state index in [9.17, 15) is 20.2 Å². The third-order valence-electron chi connectivity index (χ3n) is 3.78. The van der Waals surface area contributed by atoms with Crippen molar-refractivity contribution in [1.29, 1.82) is 5.26 Å². The van der Waals surface area contributed by atoms with Crippen LogP contribution in [0.25, 0.3) is 6.08 Å². The smallest absolute Gasteiger partial charge is 0.296 e. The van der Waals surface area contributed by atoms with Gasteiger partial charge in [-0.2, -0.15) is 5.26 Å². The second-order valence-electron chi connectivity index (χ2n) is 5.50.